The largest absolute Gasteiger partial charge is 0.308 e. The first-order valence-electron chi connectivity index (χ1n) is 15.4. The summed E-state index contributed by atoms with van der Waals surface area (Å²) in [6.07, 6.45) is 0. The van der Waals surface area contributed by atoms with Gasteiger partial charge in [-0.05, 0) is 59.7 Å². The van der Waals surface area contributed by atoms with Crippen molar-refractivity contribution in [3.63, 3.8) is 0 Å². The monoisotopic (exact) mass is 636 g/mol. The van der Waals surface area contributed by atoms with Crippen LogP contribution in [-0.4, -0.2) is 19.5 Å². The molecule has 0 aliphatic heterocycles. The minimum Gasteiger partial charge on any atom is -0.308 e. The van der Waals surface area contributed by atoms with E-state index in [1.165, 1.54) is 6.07 Å². The number of benzene rings is 6. The number of nitrogens with zero attached hydrogens (tertiary/aromatic N) is 6. The average Bonchev–Trinajstić information content (AvgIpc) is 3.48. The van der Waals surface area contributed by atoms with E-state index >= 15 is 0 Å². The van der Waals surface area contributed by atoms with Gasteiger partial charge in [-0.15, -0.1) is 0 Å². The molecule has 0 fully saturated rings. The Balaban J connectivity index is 1.49. The summed E-state index contributed by atoms with van der Waals surface area (Å²) in [5.41, 5.74) is 6.29. The van der Waals surface area contributed by atoms with Crippen molar-refractivity contribution in [3.8, 4) is 63.1 Å². The third-order valence-corrected chi connectivity index (χ3v) is 8.46. The number of rotatable bonds is 5. The molecule has 0 N–H and O–H groups in total. The van der Waals surface area contributed by atoms with Crippen molar-refractivity contribution < 1.29 is 8.78 Å². The quantitative estimate of drug-likeness (QED) is 0.188. The molecular weight excluding hydrogens is 614 g/mol. The highest BCUT2D eigenvalue weighted by atomic mass is 19.2. The van der Waals surface area contributed by atoms with Crippen LogP contribution in [0.3, 0.4) is 0 Å². The summed E-state index contributed by atoms with van der Waals surface area (Å²) in [6, 6.07) is 43.9. The predicted molar refractivity (Wildman–Crippen MR) is 185 cm³/mol. The Morgan fingerprint density at radius 3 is 1.51 bits per heavy atom. The average molecular weight is 637 g/mol. The topological polar surface area (TPSA) is 91.2 Å². The standard InChI is InChI=1S/C41H22F2N6/c42-34-17-13-30(22-35(34)43)29-14-18-36(49-37-19-25(23-44)11-15-31(37)32-16-12-26(24-45)20-38(32)49)33(21-29)41-47-39(27-7-3-1-4-8-27)46-40(48-41)28-9-5-2-6-10-28/h1-22H. The molecule has 0 aliphatic rings. The maximum Gasteiger partial charge on any atom is 0.166 e. The van der Waals surface area contributed by atoms with E-state index in [4.69, 9.17) is 15.0 Å². The molecule has 6 aromatic carbocycles. The lowest BCUT2D eigenvalue weighted by Crippen LogP contribution is -2.04. The fourth-order valence-corrected chi connectivity index (χ4v) is 6.11. The molecule has 8 rings (SSSR count). The van der Waals surface area contributed by atoms with Gasteiger partial charge in [0.15, 0.2) is 29.1 Å². The zero-order chi connectivity index (χ0) is 33.5. The van der Waals surface area contributed by atoms with Gasteiger partial charge in [-0.2, -0.15) is 10.5 Å². The second-order valence-electron chi connectivity index (χ2n) is 11.4. The molecule has 8 aromatic rings. The van der Waals surface area contributed by atoms with Crippen LogP contribution >= 0.6 is 0 Å². The summed E-state index contributed by atoms with van der Waals surface area (Å²) in [4.78, 5) is 14.8. The lowest BCUT2D eigenvalue weighted by Gasteiger charge is -2.16. The predicted octanol–water partition coefficient (Wildman–Crippen LogP) is 9.66. The first-order valence-corrected chi connectivity index (χ1v) is 15.4. The maximum atomic E-state index is 14.5. The molecule has 230 valence electrons. The number of aromatic nitrogens is 4. The fraction of sp³-hybridized carbons (Fsp3) is 0. The van der Waals surface area contributed by atoms with Crippen molar-refractivity contribution >= 4 is 21.8 Å². The van der Waals surface area contributed by atoms with E-state index < -0.39 is 11.6 Å². The van der Waals surface area contributed by atoms with Gasteiger partial charge in [0.25, 0.3) is 0 Å². The van der Waals surface area contributed by atoms with E-state index in [0.717, 1.165) is 45.1 Å². The number of hydrogen-bond acceptors (Lipinski definition) is 5. The van der Waals surface area contributed by atoms with E-state index in [1.54, 1.807) is 12.1 Å². The first-order chi connectivity index (χ1) is 24.0. The zero-order valence-corrected chi connectivity index (χ0v) is 25.6. The summed E-state index contributed by atoms with van der Waals surface area (Å²) >= 11 is 0. The molecule has 49 heavy (non-hydrogen) atoms. The Bertz CT molecular complexity index is 2520. The van der Waals surface area contributed by atoms with Crippen molar-refractivity contribution in [1.82, 2.24) is 19.5 Å². The van der Waals surface area contributed by atoms with Gasteiger partial charge >= 0.3 is 0 Å². The zero-order valence-electron chi connectivity index (χ0n) is 25.6. The van der Waals surface area contributed by atoms with Gasteiger partial charge in [-0.3, -0.25) is 0 Å². The third-order valence-electron chi connectivity index (χ3n) is 8.46. The molecule has 0 amide bonds. The van der Waals surface area contributed by atoms with Crippen LogP contribution in [0.25, 0.3) is 72.8 Å². The summed E-state index contributed by atoms with van der Waals surface area (Å²) in [5.74, 6) is -0.653. The van der Waals surface area contributed by atoms with Gasteiger partial charge in [0.05, 0.1) is 40.0 Å². The van der Waals surface area contributed by atoms with Gasteiger partial charge in [-0.1, -0.05) is 84.9 Å². The van der Waals surface area contributed by atoms with Gasteiger partial charge < -0.3 is 4.57 Å². The van der Waals surface area contributed by atoms with Crippen LogP contribution in [0.5, 0.6) is 0 Å². The van der Waals surface area contributed by atoms with E-state index in [0.29, 0.717) is 51.0 Å². The highest BCUT2D eigenvalue weighted by molar-refractivity contribution is 6.10. The molecule has 8 heteroatoms. The van der Waals surface area contributed by atoms with Crippen LogP contribution in [0.15, 0.2) is 133 Å². The second kappa shape index (κ2) is 12.0. The molecule has 2 heterocycles. The van der Waals surface area contributed by atoms with Gasteiger partial charge in [0, 0.05) is 27.5 Å². The van der Waals surface area contributed by atoms with Crippen molar-refractivity contribution in [2.24, 2.45) is 0 Å². The lowest BCUT2D eigenvalue weighted by molar-refractivity contribution is 0.509. The second-order valence-corrected chi connectivity index (χ2v) is 11.4. The van der Waals surface area contributed by atoms with Crippen LogP contribution < -0.4 is 0 Å². The molecule has 2 aromatic heterocycles. The fourth-order valence-electron chi connectivity index (χ4n) is 6.11. The van der Waals surface area contributed by atoms with E-state index in [9.17, 15) is 19.3 Å². The Morgan fingerprint density at radius 2 is 0.980 bits per heavy atom. The highest BCUT2D eigenvalue weighted by Crippen LogP contribution is 2.39. The lowest BCUT2D eigenvalue weighted by atomic mass is 10.0. The maximum absolute atomic E-state index is 14.5. The van der Waals surface area contributed by atoms with Gasteiger partial charge in [-0.25, -0.2) is 23.7 Å². The number of fused-ring (bicyclic) bond motifs is 3. The molecule has 0 unspecified atom stereocenters. The smallest absolute Gasteiger partial charge is 0.166 e. The van der Waals surface area contributed by atoms with Crippen molar-refractivity contribution in [2.45, 2.75) is 0 Å². The molecule has 0 radical (unpaired) electrons. The molecule has 0 bridgehead atoms. The van der Waals surface area contributed by atoms with Crippen molar-refractivity contribution in [1.29, 1.82) is 10.5 Å². The molecule has 0 saturated heterocycles. The van der Waals surface area contributed by atoms with Crippen molar-refractivity contribution in [3.05, 3.63) is 156 Å². The SMILES string of the molecule is N#Cc1ccc2c3ccc(C#N)cc3n(-c3ccc(-c4ccc(F)c(F)c4)cc3-c3nc(-c4ccccc4)nc(-c4ccccc4)n3)c2c1. The van der Waals surface area contributed by atoms with E-state index in [2.05, 4.69) is 12.1 Å². The van der Waals surface area contributed by atoms with Gasteiger partial charge in [0.2, 0.25) is 0 Å². The number of hydrogen-bond donors (Lipinski definition) is 0. The third kappa shape index (κ3) is 5.24. The minimum absolute atomic E-state index is 0.343. The molecular formula is C41H22F2N6. The van der Waals surface area contributed by atoms with Crippen LogP contribution in [0, 0.1) is 34.3 Å². The summed E-state index contributed by atoms with van der Waals surface area (Å²) in [7, 11) is 0. The van der Waals surface area contributed by atoms with Crippen LogP contribution in [-0.2, 0) is 0 Å². The summed E-state index contributed by atoms with van der Waals surface area (Å²) < 4.78 is 30.5. The van der Waals surface area contributed by atoms with Crippen molar-refractivity contribution in [2.75, 3.05) is 0 Å². The molecule has 0 saturated carbocycles. The Hall–Kier alpha value is -7.03. The van der Waals surface area contributed by atoms with E-state index in [-0.39, 0.29) is 0 Å². The molecule has 0 spiro atoms. The number of halogens is 2. The minimum atomic E-state index is -0.962. The highest BCUT2D eigenvalue weighted by Gasteiger charge is 2.21. The van der Waals surface area contributed by atoms with E-state index in [1.807, 2.05) is 108 Å². The summed E-state index contributed by atoms with van der Waals surface area (Å²) in [5, 5.41) is 21.5. The normalized spacial score (nSPS) is 11.0. The Kier molecular flexibility index (Phi) is 7.17. The molecule has 0 aliphatic carbocycles. The van der Waals surface area contributed by atoms with Crippen LogP contribution in [0.1, 0.15) is 11.1 Å². The Labute approximate surface area is 279 Å². The van der Waals surface area contributed by atoms with Gasteiger partial charge in [0.1, 0.15) is 0 Å². The van der Waals surface area contributed by atoms with Crippen LogP contribution in [0.2, 0.25) is 0 Å². The first kappa shape index (κ1) is 29.4. The van der Waals surface area contributed by atoms with Crippen LogP contribution in [0.4, 0.5) is 8.78 Å². The Morgan fingerprint density at radius 1 is 0.469 bits per heavy atom. The molecule has 6 nitrogen and oxygen atoms in total. The summed E-state index contributed by atoms with van der Waals surface area (Å²) in [6.45, 7) is 0. The number of nitriles is 2. The molecule has 0 atom stereocenters.